The van der Waals surface area contributed by atoms with E-state index in [1.54, 1.807) is 22.3 Å². The predicted molar refractivity (Wildman–Crippen MR) is 165 cm³/mol. The number of nitrogens with two attached hydrogens (primary N) is 1. The van der Waals surface area contributed by atoms with Gasteiger partial charge >= 0.3 is 5.69 Å². The van der Waals surface area contributed by atoms with Gasteiger partial charge in [-0.05, 0) is 77.5 Å². The van der Waals surface area contributed by atoms with Crippen molar-refractivity contribution in [1.82, 2.24) is 24.0 Å². The molecule has 4 aliphatic heterocycles. The second-order valence-electron chi connectivity index (χ2n) is 14.1. The summed E-state index contributed by atoms with van der Waals surface area (Å²) >= 11 is 0. The van der Waals surface area contributed by atoms with Crippen molar-refractivity contribution in [3.05, 3.63) is 40.2 Å². The highest BCUT2D eigenvalue weighted by molar-refractivity contribution is 6.07. The van der Waals surface area contributed by atoms with E-state index in [0.717, 1.165) is 70.8 Å². The van der Waals surface area contributed by atoms with Gasteiger partial charge in [-0.1, -0.05) is 13.0 Å². The third-order valence-corrected chi connectivity index (χ3v) is 11.8. The molecule has 2 aromatic heterocycles. The van der Waals surface area contributed by atoms with Crippen molar-refractivity contribution in [3.63, 3.8) is 0 Å². The maximum Gasteiger partial charge on any atom is 0.330 e. The lowest BCUT2D eigenvalue weighted by Gasteiger charge is -2.52. The van der Waals surface area contributed by atoms with Gasteiger partial charge in [-0.15, -0.1) is 0 Å². The van der Waals surface area contributed by atoms with Crippen molar-refractivity contribution in [1.29, 1.82) is 0 Å². The normalized spacial score (nSPS) is 33.3. The van der Waals surface area contributed by atoms with Gasteiger partial charge in [-0.2, -0.15) is 4.98 Å². The number of likely N-dealkylation sites (tertiary alicyclic amines) is 1. The number of fused-ring (bicyclic) bond motifs is 3. The molecule has 7 aliphatic rings. The van der Waals surface area contributed by atoms with Gasteiger partial charge < -0.3 is 24.7 Å². The number of allylic oxidation sites excluding steroid dienone is 1. The molecule has 9 rings (SSSR count). The number of rotatable bonds is 7. The van der Waals surface area contributed by atoms with E-state index in [-0.39, 0.29) is 41.4 Å². The molecule has 6 heterocycles. The molecule has 6 fully saturated rings. The second-order valence-corrected chi connectivity index (χ2v) is 14.1. The average molecular weight is 621 g/mol. The number of imidazole rings is 1. The fourth-order valence-corrected chi connectivity index (χ4v) is 9.37. The van der Waals surface area contributed by atoms with E-state index < -0.39 is 16.7 Å². The highest BCUT2D eigenvalue weighted by Gasteiger charge is 2.60. The Morgan fingerprint density at radius 3 is 2.56 bits per heavy atom. The van der Waals surface area contributed by atoms with Gasteiger partial charge in [-0.3, -0.25) is 18.8 Å². The molecule has 4 saturated heterocycles. The van der Waals surface area contributed by atoms with E-state index >= 15 is 0 Å². The lowest BCUT2D eigenvalue weighted by molar-refractivity contribution is -0.248. The fourth-order valence-electron chi connectivity index (χ4n) is 9.37. The van der Waals surface area contributed by atoms with E-state index in [4.69, 9.17) is 34.6 Å². The summed E-state index contributed by atoms with van der Waals surface area (Å²) in [6.45, 7) is 6.51. The molecule has 2 aromatic rings. The Morgan fingerprint density at radius 1 is 1.11 bits per heavy atom. The van der Waals surface area contributed by atoms with Crippen molar-refractivity contribution in [2.45, 2.75) is 100 Å². The molecule has 12 heteroatoms. The molecule has 0 aromatic carbocycles. The summed E-state index contributed by atoms with van der Waals surface area (Å²) in [5.74, 6) is -0.939. The molecule has 2 N–H and O–H groups in total. The summed E-state index contributed by atoms with van der Waals surface area (Å²) in [6.07, 6.45) is 10.7. The Balaban J connectivity index is 1.27. The molecule has 45 heavy (non-hydrogen) atoms. The molecule has 3 atom stereocenters. The van der Waals surface area contributed by atoms with Crippen LogP contribution in [0.25, 0.3) is 11.2 Å². The summed E-state index contributed by atoms with van der Waals surface area (Å²) < 4.78 is 28.4. The molecule has 2 bridgehead atoms. The van der Waals surface area contributed by atoms with Gasteiger partial charge in [0.1, 0.15) is 6.10 Å². The number of carbonyl (C=O) groups is 1. The van der Waals surface area contributed by atoms with Gasteiger partial charge in [0.15, 0.2) is 17.0 Å². The molecule has 242 valence electrons. The van der Waals surface area contributed by atoms with Crippen LogP contribution in [0, 0.1) is 5.41 Å². The summed E-state index contributed by atoms with van der Waals surface area (Å²) in [5, 5.41) is 0. The number of aromatic nitrogens is 4. The molecular weight excluding hydrogens is 576 g/mol. The van der Waals surface area contributed by atoms with Crippen LogP contribution in [0.1, 0.15) is 81.2 Å². The van der Waals surface area contributed by atoms with Crippen molar-refractivity contribution in [2.75, 3.05) is 33.4 Å². The average Bonchev–Trinajstić information content (AvgIpc) is 3.86. The van der Waals surface area contributed by atoms with Crippen LogP contribution in [-0.4, -0.2) is 87.2 Å². The SMILES string of the molecule is C=C[C@H](Oc1nc(C(=O)C2=C(N)[C@]3(CCCCC34OCCO4)CCC2)nc2c1n(C)c(=O)n2C12COC(C1)C2)[C@@H]1CCCN1C. The van der Waals surface area contributed by atoms with Crippen LogP contribution >= 0.6 is 0 Å². The zero-order chi connectivity index (χ0) is 31.1. The third-order valence-electron chi connectivity index (χ3n) is 11.8. The number of aryl methyl sites for hydroxylation is 1. The number of ether oxygens (including phenoxy) is 4. The summed E-state index contributed by atoms with van der Waals surface area (Å²) in [6, 6.07) is 0.102. The van der Waals surface area contributed by atoms with Gasteiger partial charge in [-0.25, -0.2) is 9.78 Å². The van der Waals surface area contributed by atoms with Gasteiger partial charge in [0.2, 0.25) is 17.5 Å². The number of Topliss-reactive ketones (excluding diaryl/α,β-unsaturated/α-hetero) is 1. The van der Waals surface area contributed by atoms with Crippen LogP contribution in [0.5, 0.6) is 5.88 Å². The maximum absolute atomic E-state index is 14.6. The standard InChI is InChI=1S/C33H44N6O6/c1-4-23(22-10-8-14-37(22)2)45-29-24-28(39(30(41)38(24)3)31-17-20(18-31)42-19-31)35-27(36-29)25(40)21-9-7-12-32(26(21)34)11-5-6-13-33(32)43-15-16-44-33/h4,20,22-23H,1,5-19,34H2,2-3H3/t20?,22-,23-,31?,32-/m0/s1. The Bertz CT molecular complexity index is 1640. The zero-order valence-electron chi connectivity index (χ0n) is 26.4. The first-order valence-electron chi connectivity index (χ1n) is 16.7. The first kappa shape index (κ1) is 29.3. The van der Waals surface area contributed by atoms with Crippen LogP contribution in [0.3, 0.4) is 0 Å². The number of ketones is 1. The van der Waals surface area contributed by atoms with Crippen molar-refractivity contribution in [3.8, 4) is 5.88 Å². The largest absolute Gasteiger partial charge is 0.467 e. The Labute approximate surface area is 262 Å². The molecule has 2 spiro atoms. The minimum Gasteiger partial charge on any atom is -0.467 e. The van der Waals surface area contributed by atoms with Crippen LogP contribution in [0.15, 0.2) is 28.7 Å². The van der Waals surface area contributed by atoms with Crippen LogP contribution < -0.4 is 16.2 Å². The highest BCUT2D eigenvalue weighted by atomic mass is 16.7. The molecule has 0 radical (unpaired) electrons. The molecular formula is C33H44N6O6. The van der Waals surface area contributed by atoms with Crippen molar-refractivity contribution < 1.29 is 23.7 Å². The summed E-state index contributed by atoms with van der Waals surface area (Å²) in [5.41, 5.74) is 7.67. The maximum atomic E-state index is 14.6. The molecule has 3 aliphatic carbocycles. The van der Waals surface area contributed by atoms with E-state index in [1.807, 2.05) is 0 Å². The first-order valence-corrected chi connectivity index (χ1v) is 16.7. The van der Waals surface area contributed by atoms with Crippen LogP contribution in [-0.2, 0) is 26.8 Å². The minimum absolute atomic E-state index is 0.0151. The monoisotopic (exact) mass is 620 g/mol. The van der Waals surface area contributed by atoms with Crippen LogP contribution in [0.4, 0.5) is 0 Å². The number of carbonyl (C=O) groups excluding carboxylic acids is 1. The predicted octanol–water partition coefficient (Wildman–Crippen LogP) is 2.93. The lowest BCUT2D eigenvalue weighted by Crippen LogP contribution is -2.56. The number of nitrogens with zero attached hydrogens (tertiary/aromatic N) is 5. The van der Waals surface area contributed by atoms with E-state index in [2.05, 4.69) is 18.5 Å². The van der Waals surface area contributed by atoms with Crippen molar-refractivity contribution >= 4 is 16.9 Å². The Hall–Kier alpha value is -3.06. The zero-order valence-corrected chi connectivity index (χ0v) is 26.4. The number of hydrogen-bond donors (Lipinski definition) is 1. The van der Waals surface area contributed by atoms with E-state index in [9.17, 15) is 9.59 Å². The highest BCUT2D eigenvalue weighted by Crippen LogP contribution is 2.58. The van der Waals surface area contributed by atoms with Crippen molar-refractivity contribution in [2.24, 2.45) is 18.2 Å². The van der Waals surface area contributed by atoms with Gasteiger partial charge in [0.05, 0.1) is 42.9 Å². The number of likely N-dealkylation sites (N-methyl/N-ethyl adjacent to an activating group) is 1. The molecule has 12 nitrogen and oxygen atoms in total. The third kappa shape index (κ3) is 4.11. The smallest absolute Gasteiger partial charge is 0.330 e. The Morgan fingerprint density at radius 2 is 1.87 bits per heavy atom. The minimum atomic E-state index is -0.798. The number of hydrogen-bond acceptors (Lipinski definition) is 10. The van der Waals surface area contributed by atoms with E-state index in [0.29, 0.717) is 48.7 Å². The molecule has 0 unspecified atom stereocenters. The molecule has 2 saturated carbocycles. The summed E-state index contributed by atoms with van der Waals surface area (Å²) in [7, 11) is 3.78. The van der Waals surface area contributed by atoms with Gasteiger partial charge in [0.25, 0.3) is 0 Å². The van der Waals surface area contributed by atoms with Crippen LogP contribution in [0.2, 0.25) is 0 Å². The Kier molecular flexibility index (Phi) is 6.84. The van der Waals surface area contributed by atoms with E-state index in [1.165, 1.54) is 0 Å². The van der Waals surface area contributed by atoms with Gasteiger partial charge in [0, 0.05) is 24.7 Å². The molecule has 0 amide bonds. The topological polar surface area (TPSA) is 136 Å². The lowest BCUT2D eigenvalue weighted by atomic mass is 9.61. The summed E-state index contributed by atoms with van der Waals surface area (Å²) in [4.78, 5) is 40.4. The first-order chi connectivity index (χ1) is 21.7. The fraction of sp³-hybridized carbons (Fsp3) is 0.697. The second kappa shape index (κ2) is 10.5. The quantitative estimate of drug-likeness (QED) is 0.364.